The molecule has 11 heteroatoms. The molecule has 4 heterocycles. The highest BCUT2D eigenvalue weighted by molar-refractivity contribution is 7.18. The molecule has 236 valence electrons. The highest BCUT2D eigenvalue weighted by atomic mass is 35.5. The molecule has 0 unspecified atom stereocenters. The number of carbonyl (C=O) groups is 2. The van der Waals surface area contributed by atoms with Gasteiger partial charge in [0.15, 0.2) is 0 Å². The lowest BCUT2D eigenvalue weighted by molar-refractivity contribution is -0.136. The van der Waals surface area contributed by atoms with Crippen LogP contribution in [0.4, 0.5) is 0 Å². The zero-order valence-corrected chi connectivity index (χ0v) is 26.9. The van der Waals surface area contributed by atoms with Crippen molar-refractivity contribution in [3.05, 3.63) is 104 Å². The summed E-state index contributed by atoms with van der Waals surface area (Å²) in [5.41, 5.74) is 7.68. The number of carboxylic acids is 1. The number of pyridine rings is 2. The van der Waals surface area contributed by atoms with Gasteiger partial charge < -0.3 is 20.7 Å². The molecule has 2 aromatic carbocycles. The van der Waals surface area contributed by atoms with E-state index in [4.69, 9.17) is 21.7 Å². The lowest BCUT2D eigenvalue weighted by atomic mass is 9.93. The van der Waals surface area contributed by atoms with Crippen LogP contribution in [-0.4, -0.2) is 44.5 Å². The second-order valence-corrected chi connectivity index (χ2v) is 13.1. The van der Waals surface area contributed by atoms with Gasteiger partial charge in [-0.1, -0.05) is 54.1 Å². The van der Waals surface area contributed by atoms with Crippen LogP contribution < -0.4 is 16.2 Å². The van der Waals surface area contributed by atoms with E-state index in [1.807, 2.05) is 61.5 Å². The molecule has 4 N–H and O–H groups in total. The molecule has 1 aliphatic rings. The van der Waals surface area contributed by atoms with Crippen molar-refractivity contribution in [2.24, 2.45) is 0 Å². The number of H-pyrrole nitrogens is 1. The third-order valence-corrected chi connectivity index (χ3v) is 9.87. The van der Waals surface area contributed by atoms with Crippen LogP contribution in [0.25, 0.3) is 32.6 Å². The van der Waals surface area contributed by atoms with Crippen LogP contribution in [0.3, 0.4) is 0 Å². The van der Waals surface area contributed by atoms with Crippen molar-refractivity contribution in [2.75, 3.05) is 6.54 Å². The average molecular weight is 656 g/mol. The number of nitrogens with one attached hydrogen (secondary N) is 3. The summed E-state index contributed by atoms with van der Waals surface area (Å²) in [6.07, 6.45) is 6.07. The van der Waals surface area contributed by atoms with Crippen LogP contribution in [-0.2, 0) is 29.0 Å². The van der Waals surface area contributed by atoms with Crippen molar-refractivity contribution >= 4 is 45.0 Å². The van der Waals surface area contributed by atoms with Crippen molar-refractivity contribution < 1.29 is 14.7 Å². The molecule has 1 saturated heterocycles. The summed E-state index contributed by atoms with van der Waals surface area (Å²) in [6.45, 7) is 2.27. The van der Waals surface area contributed by atoms with Crippen LogP contribution in [0.15, 0.2) is 65.6 Å². The van der Waals surface area contributed by atoms with Crippen LogP contribution in [0.2, 0.25) is 5.02 Å². The maximum Gasteiger partial charge on any atom is 0.317 e. The molecule has 46 heavy (non-hydrogen) atoms. The average Bonchev–Trinajstić information content (AvgIpc) is 3.65. The summed E-state index contributed by atoms with van der Waals surface area (Å²) < 4.78 is 0.982. The minimum atomic E-state index is -0.913. The van der Waals surface area contributed by atoms with Crippen LogP contribution in [0.1, 0.15) is 53.1 Å². The zero-order valence-electron chi connectivity index (χ0n) is 25.4. The molecule has 9 nitrogen and oxygen atoms in total. The Labute approximate surface area is 275 Å². The van der Waals surface area contributed by atoms with Gasteiger partial charge in [-0.3, -0.25) is 19.4 Å². The van der Waals surface area contributed by atoms with Crippen LogP contribution in [0.5, 0.6) is 0 Å². The van der Waals surface area contributed by atoms with Gasteiger partial charge in [0.05, 0.1) is 22.0 Å². The number of thiazole rings is 1. The van der Waals surface area contributed by atoms with Crippen LogP contribution in [0, 0.1) is 6.92 Å². The number of benzene rings is 2. The number of rotatable bonds is 12. The predicted molar refractivity (Wildman–Crippen MR) is 181 cm³/mol. The molecule has 5 aromatic rings. The number of hydrogen-bond acceptors (Lipinski definition) is 7. The first-order chi connectivity index (χ1) is 22.3. The molecule has 0 bridgehead atoms. The molecule has 0 aliphatic carbocycles. The van der Waals surface area contributed by atoms with Gasteiger partial charge in [0.1, 0.15) is 10.5 Å². The Balaban J connectivity index is 1.21. The van der Waals surface area contributed by atoms with Crippen molar-refractivity contribution in [2.45, 2.75) is 58.0 Å². The number of hydrogen-bond donors (Lipinski definition) is 4. The number of fused-ring (bicyclic) bond motifs is 1. The van der Waals surface area contributed by atoms with Crippen molar-refractivity contribution in [1.82, 2.24) is 25.6 Å². The summed E-state index contributed by atoms with van der Waals surface area (Å²) in [5.74, 6) is -0.799. The first-order valence-corrected chi connectivity index (χ1v) is 16.5. The number of nitrogens with zero attached hydrogens (tertiary/aromatic N) is 2. The molecule has 0 spiro atoms. The third-order valence-electron chi connectivity index (χ3n) is 8.41. The summed E-state index contributed by atoms with van der Waals surface area (Å²) in [5, 5.41) is 16.2. The standard InChI is InChI=1S/C35H34ClN5O4S/c1-20-24(8-4-9-25(20)27-13-11-21(35(45)40-27)5-2-7-23-12-14-30(42)39-23)26-10-3-6-22(33(26)36)17-28-34-29(15-16-38-28)46-31(41-34)18-37-19-32(43)44/h3-4,6,8-11,13,15-16,23,37H,2,5,7,12,14,17-19H2,1H3,(H,39,42)(H,40,45)(H,43,44)/t23-/m1/s1. The van der Waals surface area contributed by atoms with Crippen molar-refractivity contribution in [1.29, 1.82) is 0 Å². The van der Waals surface area contributed by atoms with Gasteiger partial charge in [0.25, 0.3) is 5.56 Å². The number of aromatic nitrogens is 3. The van der Waals surface area contributed by atoms with E-state index in [9.17, 15) is 14.4 Å². The summed E-state index contributed by atoms with van der Waals surface area (Å²) >= 11 is 8.59. The van der Waals surface area contributed by atoms with Gasteiger partial charge in [-0.15, -0.1) is 11.3 Å². The Morgan fingerprint density at radius 1 is 1.07 bits per heavy atom. The SMILES string of the molecule is Cc1c(-c2ccc(CCC[C@@H]3CCC(=O)N3)c(=O)[nH]2)cccc1-c1cccc(Cc2nccc3sc(CNCC(=O)O)nc23)c1Cl. The molecular formula is C35H34ClN5O4S. The second-order valence-electron chi connectivity index (χ2n) is 11.6. The van der Waals surface area contributed by atoms with Gasteiger partial charge in [-0.2, -0.15) is 0 Å². The number of aryl methyl sites for hydroxylation is 1. The van der Waals surface area contributed by atoms with Gasteiger partial charge in [-0.25, -0.2) is 4.98 Å². The van der Waals surface area contributed by atoms with Gasteiger partial charge >= 0.3 is 5.97 Å². The fraction of sp³-hybridized carbons (Fsp3) is 0.286. The number of amides is 1. The van der Waals surface area contributed by atoms with E-state index in [1.165, 1.54) is 11.3 Å². The molecule has 1 aliphatic heterocycles. The molecule has 1 fully saturated rings. The van der Waals surface area contributed by atoms with Gasteiger partial charge in [0.2, 0.25) is 5.91 Å². The number of carboxylic acid groups (broad SMARTS) is 1. The first-order valence-electron chi connectivity index (χ1n) is 15.3. The van der Waals surface area contributed by atoms with E-state index in [2.05, 4.69) is 20.6 Å². The maximum atomic E-state index is 13.0. The lowest BCUT2D eigenvalue weighted by Crippen LogP contribution is -2.25. The first kappa shape index (κ1) is 31.6. The minimum Gasteiger partial charge on any atom is -0.480 e. The van der Waals surface area contributed by atoms with Crippen LogP contribution >= 0.6 is 22.9 Å². The Bertz CT molecular complexity index is 1990. The van der Waals surface area contributed by atoms with E-state index >= 15 is 0 Å². The maximum absolute atomic E-state index is 13.0. The molecule has 0 saturated carbocycles. The number of aliphatic carboxylic acids is 1. The fourth-order valence-electron chi connectivity index (χ4n) is 6.05. The Morgan fingerprint density at radius 2 is 1.87 bits per heavy atom. The molecule has 0 radical (unpaired) electrons. The number of halogens is 1. The van der Waals surface area contributed by atoms with E-state index in [0.29, 0.717) is 30.8 Å². The largest absolute Gasteiger partial charge is 0.480 e. The van der Waals surface area contributed by atoms with E-state index in [0.717, 1.165) is 79.3 Å². The number of carbonyl (C=O) groups excluding carboxylic acids is 1. The highest BCUT2D eigenvalue weighted by Crippen LogP contribution is 2.37. The molecule has 6 rings (SSSR count). The third kappa shape index (κ3) is 7.04. The second kappa shape index (κ2) is 13.9. The Morgan fingerprint density at radius 3 is 2.65 bits per heavy atom. The molecule has 1 amide bonds. The van der Waals surface area contributed by atoms with Gasteiger partial charge in [-0.05, 0) is 61.4 Å². The zero-order chi connectivity index (χ0) is 32.2. The Kier molecular flexibility index (Phi) is 9.58. The smallest absolute Gasteiger partial charge is 0.317 e. The van der Waals surface area contributed by atoms with Crippen molar-refractivity contribution in [3.8, 4) is 22.4 Å². The normalized spacial score (nSPS) is 14.6. The summed E-state index contributed by atoms with van der Waals surface area (Å²) in [6, 6.07) is 18.0. The van der Waals surface area contributed by atoms with Crippen molar-refractivity contribution in [3.63, 3.8) is 0 Å². The summed E-state index contributed by atoms with van der Waals surface area (Å²) in [4.78, 5) is 47.8. The van der Waals surface area contributed by atoms with E-state index in [1.54, 1.807) is 6.20 Å². The molecule has 1 atom stereocenters. The molecular weight excluding hydrogens is 622 g/mol. The monoisotopic (exact) mass is 655 g/mol. The predicted octanol–water partition coefficient (Wildman–Crippen LogP) is 6.04. The van der Waals surface area contributed by atoms with E-state index < -0.39 is 5.97 Å². The quantitative estimate of drug-likeness (QED) is 0.129. The topological polar surface area (TPSA) is 137 Å². The highest BCUT2D eigenvalue weighted by Gasteiger charge is 2.20. The van der Waals surface area contributed by atoms with Gasteiger partial charge in [0, 0.05) is 54.0 Å². The minimum absolute atomic E-state index is 0.0951. The van der Waals surface area contributed by atoms with E-state index in [-0.39, 0.29) is 24.1 Å². The summed E-state index contributed by atoms with van der Waals surface area (Å²) in [7, 11) is 0. The molecule has 3 aromatic heterocycles. The lowest BCUT2D eigenvalue weighted by Gasteiger charge is -2.15. The Hall–Kier alpha value is -4.38. The fourth-order valence-corrected chi connectivity index (χ4v) is 7.30. The number of aromatic amines is 1.